The van der Waals surface area contributed by atoms with Gasteiger partial charge in [-0.05, 0) is 18.2 Å². The van der Waals surface area contributed by atoms with E-state index in [0.717, 1.165) is 6.20 Å². The summed E-state index contributed by atoms with van der Waals surface area (Å²) in [7, 11) is 0. The minimum Gasteiger partial charge on any atom is -0.481 e. The second kappa shape index (κ2) is 5.28. The summed E-state index contributed by atoms with van der Waals surface area (Å²) in [6, 6.07) is 4.65. The summed E-state index contributed by atoms with van der Waals surface area (Å²) in [6.07, 6.45) is 0.840. The van der Waals surface area contributed by atoms with Crippen molar-refractivity contribution in [2.24, 2.45) is 0 Å². The Labute approximate surface area is 112 Å². The van der Waals surface area contributed by atoms with Crippen LogP contribution in [-0.4, -0.2) is 27.1 Å². The van der Waals surface area contributed by atoms with Crippen molar-refractivity contribution in [3.8, 4) is 11.8 Å². The number of fused-ring (bicyclic) bond motifs is 1. The molecule has 1 heterocycles. The van der Waals surface area contributed by atoms with Crippen molar-refractivity contribution < 1.29 is 19.8 Å². The highest BCUT2D eigenvalue weighted by molar-refractivity contribution is 5.92. The van der Waals surface area contributed by atoms with E-state index in [1.54, 1.807) is 12.1 Å². The summed E-state index contributed by atoms with van der Waals surface area (Å²) in [5.74, 6) is 2.71. The van der Waals surface area contributed by atoms with Crippen molar-refractivity contribution in [1.29, 1.82) is 0 Å². The number of aromatic nitrogens is 1. The molecule has 0 spiro atoms. The SMILES string of the molecule is O=C(O)CC#Cc1ccc2[nH]cc(C(=O)O)c(=O)c2c1. The van der Waals surface area contributed by atoms with Gasteiger partial charge in [0.2, 0.25) is 5.43 Å². The number of carbonyl (C=O) groups is 2. The van der Waals surface area contributed by atoms with Gasteiger partial charge >= 0.3 is 11.9 Å². The van der Waals surface area contributed by atoms with Gasteiger partial charge < -0.3 is 15.2 Å². The number of carboxylic acid groups (broad SMARTS) is 2. The number of aliphatic carboxylic acids is 1. The van der Waals surface area contributed by atoms with Gasteiger partial charge in [-0.2, -0.15) is 0 Å². The van der Waals surface area contributed by atoms with Crippen LogP contribution in [0.1, 0.15) is 22.3 Å². The van der Waals surface area contributed by atoms with Crippen LogP contribution in [0.2, 0.25) is 0 Å². The second-order valence-electron chi connectivity index (χ2n) is 3.97. The number of aromatic amines is 1. The van der Waals surface area contributed by atoms with Gasteiger partial charge in [-0.15, -0.1) is 0 Å². The zero-order valence-corrected chi connectivity index (χ0v) is 10.1. The first-order valence-corrected chi connectivity index (χ1v) is 5.58. The fourth-order valence-electron chi connectivity index (χ4n) is 1.68. The molecule has 0 saturated carbocycles. The number of pyridine rings is 1. The molecule has 2 rings (SSSR count). The first-order chi connectivity index (χ1) is 9.49. The van der Waals surface area contributed by atoms with E-state index in [9.17, 15) is 14.4 Å². The molecule has 0 bridgehead atoms. The van der Waals surface area contributed by atoms with Crippen LogP contribution >= 0.6 is 0 Å². The zero-order valence-electron chi connectivity index (χ0n) is 10.1. The van der Waals surface area contributed by atoms with Crippen molar-refractivity contribution in [3.05, 3.63) is 45.7 Å². The summed E-state index contributed by atoms with van der Waals surface area (Å²) in [5, 5.41) is 17.6. The third-order valence-electron chi connectivity index (χ3n) is 2.58. The lowest BCUT2D eigenvalue weighted by molar-refractivity contribution is -0.135. The molecule has 0 atom stereocenters. The van der Waals surface area contributed by atoms with Gasteiger partial charge in [0, 0.05) is 22.7 Å². The second-order valence-corrected chi connectivity index (χ2v) is 3.97. The lowest BCUT2D eigenvalue weighted by atomic mass is 10.1. The highest BCUT2D eigenvalue weighted by Gasteiger charge is 2.11. The number of H-pyrrole nitrogens is 1. The van der Waals surface area contributed by atoms with Crippen molar-refractivity contribution in [1.82, 2.24) is 4.98 Å². The molecule has 0 unspecified atom stereocenters. The third-order valence-corrected chi connectivity index (χ3v) is 2.58. The van der Waals surface area contributed by atoms with Crippen LogP contribution in [0.15, 0.2) is 29.2 Å². The van der Waals surface area contributed by atoms with Crippen LogP contribution in [-0.2, 0) is 4.79 Å². The van der Waals surface area contributed by atoms with Crippen LogP contribution in [0.5, 0.6) is 0 Å². The van der Waals surface area contributed by atoms with Gasteiger partial charge in [0.25, 0.3) is 0 Å². The van der Waals surface area contributed by atoms with E-state index < -0.39 is 17.4 Å². The van der Waals surface area contributed by atoms with Crippen molar-refractivity contribution in [3.63, 3.8) is 0 Å². The topological polar surface area (TPSA) is 107 Å². The molecule has 1 aromatic carbocycles. The van der Waals surface area contributed by atoms with Gasteiger partial charge in [0.1, 0.15) is 12.0 Å². The average Bonchev–Trinajstić information content (AvgIpc) is 2.39. The molecule has 0 aliphatic carbocycles. The van der Waals surface area contributed by atoms with Crippen molar-refractivity contribution in [2.45, 2.75) is 6.42 Å². The van der Waals surface area contributed by atoms with Gasteiger partial charge in [-0.3, -0.25) is 9.59 Å². The summed E-state index contributed by atoms with van der Waals surface area (Å²) in [4.78, 5) is 35.9. The summed E-state index contributed by atoms with van der Waals surface area (Å²) in [6.45, 7) is 0. The Balaban J connectivity index is 2.54. The number of aromatic carboxylic acids is 1. The molecule has 3 N–H and O–H groups in total. The van der Waals surface area contributed by atoms with E-state index in [1.165, 1.54) is 6.07 Å². The molecule has 6 nitrogen and oxygen atoms in total. The molecule has 6 heteroatoms. The first-order valence-electron chi connectivity index (χ1n) is 5.58. The molecule has 0 amide bonds. The lowest BCUT2D eigenvalue weighted by Crippen LogP contribution is -2.15. The number of benzene rings is 1. The Hall–Kier alpha value is -3.07. The lowest BCUT2D eigenvalue weighted by Gasteiger charge is -2.00. The van der Waals surface area contributed by atoms with Gasteiger partial charge in [0.15, 0.2) is 0 Å². The molecule has 0 aliphatic heterocycles. The Morgan fingerprint density at radius 3 is 2.65 bits per heavy atom. The smallest absolute Gasteiger partial charge is 0.341 e. The van der Waals surface area contributed by atoms with Crippen molar-refractivity contribution >= 4 is 22.8 Å². The molecule has 0 aliphatic rings. The zero-order chi connectivity index (χ0) is 14.7. The molecular weight excluding hydrogens is 262 g/mol. The molecule has 1 aromatic heterocycles. The summed E-state index contributed by atoms with van der Waals surface area (Å²) >= 11 is 0. The average molecular weight is 271 g/mol. The van der Waals surface area contributed by atoms with E-state index >= 15 is 0 Å². The van der Waals surface area contributed by atoms with Crippen LogP contribution in [0.3, 0.4) is 0 Å². The largest absolute Gasteiger partial charge is 0.481 e. The van der Waals surface area contributed by atoms with E-state index in [1.807, 2.05) is 0 Å². The maximum absolute atomic E-state index is 12.0. The summed E-state index contributed by atoms with van der Waals surface area (Å²) < 4.78 is 0. The Bertz CT molecular complexity index is 823. The fraction of sp³-hybridized carbons (Fsp3) is 0.0714. The normalized spacial score (nSPS) is 9.80. The maximum atomic E-state index is 12.0. The van der Waals surface area contributed by atoms with Crippen molar-refractivity contribution in [2.75, 3.05) is 0 Å². The standard InChI is InChI=1S/C14H9NO5/c16-12(17)3-1-2-8-4-5-11-9(6-8)13(18)10(7-15-11)14(19)20/h4-7H,3H2,(H,15,18)(H,16,17)(H,19,20). The van der Waals surface area contributed by atoms with E-state index in [-0.39, 0.29) is 17.4 Å². The summed E-state index contributed by atoms with van der Waals surface area (Å²) in [5.41, 5.74) is -0.0168. The highest BCUT2D eigenvalue weighted by Crippen LogP contribution is 2.10. The molecule has 0 fully saturated rings. The number of hydrogen-bond acceptors (Lipinski definition) is 3. The van der Waals surface area contributed by atoms with Gasteiger partial charge in [0.05, 0.1) is 0 Å². The van der Waals surface area contributed by atoms with Crippen LogP contribution in [0.25, 0.3) is 10.9 Å². The molecule has 2 aromatic rings. The quantitative estimate of drug-likeness (QED) is 0.708. The van der Waals surface area contributed by atoms with E-state index in [0.29, 0.717) is 11.1 Å². The molecular formula is C14H9NO5. The van der Waals surface area contributed by atoms with Crippen LogP contribution in [0.4, 0.5) is 0 Å². The monoisotopic (exact) mass is 271 g/mol. The highest BCUT2D eigenvalue weighted by atomic mass is 16.4. The maximum Gasteiger partial charge on any atom is 0.341 e. The Kier molecular flexibility index (Phi) is 3.53. The Morgan fingerprint density at radius 1 is 1.25 bits per heavy atom. The molecule has 0 radical (unpaired) electrons. The number of hydrogen-bond donors (Lipinski definition) is 3. The number of carboxylic acids is 2. The first kappa shape index (κ1) is 13.4. The Morgan fingerprint density at radius 2 is 2.00 bits per heavy atom. The number of nitrogens with one attached hydrogen (secondary N) is 1. The molecule has 20 heavy (non-hydrogen) atoms. The molecule has 0 saturated heterocycles. The van der Waals surface area contributed by atoms with Crippen LogP contribution in [0, 0.1) is 11.8 Å². The third kappa shape index (κ3) is 2.67. The predicted molar refractivity (Wildman–Crippen MR) is 70.7 cm³/mol. The fourth-order valence-corrected chi connectivity index (χ4v) is 1.68. The van der Waals surface area contributed by atoms with Gasteiger partial charge in [-0.25, -0.2) is 4.79 Å². The predicted octanol–water partition coefficient (Wildman–Crippen LogP) is 1.05. The van der Waals surface area contributed by atoms with E-state index in [4.69, 9.17) is 10.2 Å². The molecule has 100 valence electrons. The number of rotatable bonds is 2. The minimum absolute atomic E-state index is 0.201. The van der Waals surface area contributed by atoms with E-state index in [2.05, 4.69) is 16.8 Å². The minimum atomic E-state index is -1.31. The van der Waals surface area contributed by atoms with Crippen LogP contribution < -0.4 is 5.43 Å². The van der Waals surface area contributed by atoms with Gasteiger partial charge in [-0.1, -0.05) is 11.8 Å².